The van der Waals surface area contributed by atoms with Gasteiger partial charge in [-0.05, 0) is 37.0 Å². The normalized spacial score (nSPS) is 19.3. The van der Waals surface area contributed by atoms with Gasteiger partial charge in [-0.15, -0.1) is 10.2 Å². The van der Waals surface area contributed by atoms with Gasteiger partial charge in [-0.1, -0.05) is 25.2 Å². The Balaban J connectivity index is 0.000000705. The molecule has 1 saturated heterocycles. The maximum absolute atomic E-state index is 12.2. The minimum Gasteiger partial charge on any atom is -0.348 e. The van der Waals surface area contributed by atoms with Gasteiger partial charge in [0.25, 0.3) is 0 Å². The molecule has 1 fully saturated rings. The van der Waals surface area contributed by atoms with Crippen molar-refractivity contribution in [3.05, 3.63) is 5.01 Å². The number of rotatable bonds is 5. The molecule has 1 N–H and O–H groups in total. The molecule has 1 aromatic rings. The minimum absolute atomic E-state index is 0.0749. The third-order valence-electron chi connectivity index (χ3n) is 3.04. The van der Waals surface area contributed by atoms with Gasteiger partial charge in [-0.2, -0.15) is 0 Å². The summed E-state index contributed by atoms with van der Waals surface area (Å²) in [6.45, 7) is 9.37. The number of halogens is 2. The molecule has 0 spiro atoms. The maximum Gasteiger partial charge on any atom is 0.323 e. The highest BCUT2D eigenvalue weighted by atomic mass is 35.5. The average molecular weight is 413 g/mol. The fraction of sp³-hybridized carbons (Fsp3) is 0.714. The molecule has 1 aliphatic heterocycles. The number of ether oxygens (including phenoxy) is 2. The van der Waals surface area contributed by atoms with Gasteiger partial charge in [0.15, 0.2) is 6.29 Å². The molecule has 0 radical (unpaired) electrons. The average Bonchev–Trinajstić information content (AvgIpc) is 3.15. The van der Waals surface area contributed by atoms with E-state index in [1.54, 1.807) is 4.90 Å². The van der Waals surface area contributed by atoms with Gasteiger partial charge in [0.05, 0.1) is 19.3 Å². The summed E-state index contributed by atoms with van der Waals surface area (Å²) in [4.78, 5) is 22.8. The van der Waals surface area contributed by atoms with E-state index in [4.69, 9.17) is 14.3 Å². The summed E-state index contributed by atoms with van der Waals surface area (Å²) in [6.07, 6.45) is -0.297. The molecule has 2 rings (SSSR count). The highest BCUT2D eigenvalue weighted by molar-refractivity contribution is 7.15. The highest BCUT2D eigenvalue weighted by Gasteiger charge is 2.25. The van der Waals surface area contributed by atoms with Crippen molar-refractivity contribution in [2.24, 2.45) is 0 Å². The van der Waals surface area contributed by atoms with Crippen LogP contribution < -0.4 is 10.2 Å². The maximum atomic E-state index is 12.2. The van der Waals surface area contributed by atoms with Crippen molar-refractivity contribution in [2.45, 2.75) is 46.0 Å². The molecule has 8 nitrogen and oxygen atoms in total. The van der Waals surface area contributed by atoms with Crippen LogP contribution in [-0.2, 0) is 9.47 Å². The summed E-state index contributed by atoms with van der Waals surface area (Å²) < 4.78 is 9.99. The lowest BCUT2D eigenvalue weighted by molar-refractivity contribution is -0.0498. The van der Waals surface area contributed by atoms with Crippen LogP contribution in [0, 0.1) is 0 Å². The van der Waals surface area contributed by atoms with Gasteiger partial charge in [-0.25, -0.2) is 4.79 Å². The van der Waals surface area contributed by atoms with Crippen molar-refractivity contribution < 1.29 is 19.1 Å². The Labute approximate surface area is 160 Å². The molecule has 1 aromatic heterocycles. The molecule has 25 heavy (non-hydrogen) atoms. The fourth-order valence-corrected chi connectivity index (χ4v) is 2.80. The summed E-state index contributed by atoms with van der Waals surface area (Å²) >= 11 is 10.2. The third-order valence-corrected chi connectivity index (χ3v) is 4.28. The van der Waals surface area contributed by atoms with Crippen molar-refractivity contribution in [3.8, 4) is 0 Å². The van der Waals surface area contributed by atoms with Crippen LogP contribution in [-0.4, -0.2) is 53.0 Å². The summed E-state index contributed by atoms with van der Waals surface area (Å²) in [5, 5.41) is 12.5. The van der Waals surface area contributed by atoms with Crippen molar-refractivity contribution in [2.75, 3.05) is 24.6 Å². The molecule has 2 heterocycles. The quantitative estimate of drug-likeness (QED) is 0.743. The van der Waals surface area contributed by atoms with Crippen molar-refractivity contribution in [1.29, 1.82) is 0 Å². The Kier molecular flexibility index (Phi) is 9.58. The first-order chi connectivity index (χ1) is 11.7. The van der Waals surface area contributed by atoms with Crippen molar-refractivity contribution >= 4 is 50.4 Å². The second kappa shape index (κ2) is 10.9. The fourth-order valence-electron chi connectivity index (χ4n) is 1.89. The van der Waals surface area contributed by atoms with E-state index in [0.29, 0.717) is 30.7 Å². The number of aromatic nitrogens is 2. The molecule has 0 aliphatic carbocycles. The molecule has 1 aliphatic rings. The van der Waals surface area contributed by atoms with E-state index in [1.165, 1.54) is 11.3 Å². The number of hydrogen-bond acceptors (Lipinski definition) is 7. The topological polar surface area (TPSA) is 93.7 Å². The number of carbonyl (C=O) groups excluding carboxylic acids is 2. The number of anilines is 1. The molecule has 2 atom stereocenters. The Morgan fingerprint density at radius 3 is 2.48 bits per heavy atom. The van der Waals surface area contributed by atoms with Crippen LogP contribution in [0.5, 0.6) is 0 Å². The Morgan fingerprint density at radius 2 is 2.04 bits per heavy atom. The molecule has 2 unspecified atom stereocenters. The van der Waals surface area contributed by atoms with Crippen LogP contribution in [0.3, 0.4) is 0 Å². The number of nitrogens with one attached hydrogen (secondary N) is 1. The van der Waals surface area contributed by atoms with E-state index in [1.807, 2.05) is 13.8 Å². The first-order valence-electron chi connectivity index (χ1n) is 7.75. The number of nitrogens with zero attached hydrogens (tertiary/aromatic N) is 3. The highest BCUT2D eigenvalue weighted by Crippen LogP contribution is 2.25. The van der Waals surface area contributed by atoms with Crippen LogP contribution in [0.15, 0.2) is 0 Å². The summed E-state index contributed by atoms with van der Waals surface area (Å²) in [6, 6.07) is -0.212. The van der Waals surface area contributed by atoms with E-state index < -0.39 is 4.70 Å². The molecular formula is C14H22Cl2N4O4S. The van der Waals surface area contributed by atoms with E-state index in [9.17, 15) is 4.79 Å². The standard InChI is InChI=1S/C13H22N4O3S.CCl2O/c1-5-17(13-16-15-11(21-13)8(2)3)12(18)14-6-10-19-7-9(4)20-10;2-1(3)4/h8-10H,5-7H2,1-4H3,(H,14,18);. The Bertz CT molecular complexity index is 569. The minimum atomic E-state index is -0.889. The van der Waals surface area contributed by atoms with E-state index in [2.05, 4.69) is 52.6 Å². The zero-order valence-electron chi connectivity index (χ0n) is 14.5. The first kappa shape index (κ1) is 22.0. The second-order valence-electron chi connectivity index (χ2n) is 5.44. The zero-order valence-corrected chi connectivity index (χ0v) is 16.8. The number of urea groups is 1. The molecule has 0 saturated carbocycles. The smallest absolute Gasteiger partial charge is 0.323 e. The van der Waals surface area contributed by atoms with Gasteiger partial charge < -0.3 is 14.8 Å². The molecule has 11 heteroatoms. The van der Waals surface area contributed by atoms with Gasteiger partial charge in [-0.3, -0.25) is 9.69 Å². The first-order valence-corrected chi connectivity index (χ1v) is 9.32. The van der Waals surface area contributed by atoms with Crippen LogP contribution in [0.2, 0.25) is 0 Å². The van der Waals surface area contributed by atoms with E-state index >= 15 is 0 Å². The van der Waals surface area contributed by atoms with Crippen LogP contribution in [0.1, 0.15) is 38.6 Å². The van der Waals surface area contributed by atoms with E-state index in [0.717, 1.165) is 5.01 Å². The summed E-state index contributed by atoms with van der Waals surface area (Å²) in [7, 11) is 0. The van der Waals surface area contributed by atoms with Crippen molar-refractivity contribution in [1.82, 2.24) is 15.5 Å². The van der Waals surface area contributed by atoms with Gasteiger partial charge in [0, 0.05) is 12.5 Å². The Hall–Kier alpha value is -1.00. The number of hydrogen-bond donors (Lipinski definition) is 1. The largest absolute Gasteiger partial charge is 0.348 e. The lowest BCUT2D eigenvalue weighted by Gasteiger charge is -2.19. The Morgan fingerprint density at radius 1 is 1.40 bits per heavy atom. The molecule has 2 amide bonds. The van der Waals surface area contributed by atoms with Gasteiger partial charge >= 0.3 is 10.7 Å². The SMILES string of the molecule is CCN(C(=O)NCC1OCC(C)O1)c1nnc(C(C)C)s1.O=C(Cl)Cl. The third kappa shape index (κ3) is 7.83. The zero-order chi connectivity index (χ0) is 19.0. The molecular weight excluding hydrogens is 391 g/mol. The van der Waals surface area contributed by atoms with Crippen molar-refractivity contribution in [3.63, 3.8) is 0 Å². The summed E-state index contributed by atoms with van der Waals surface area (Å²) in [5.41, 5.74) is 0. The van der Waals surface area contributed by atoms with E-state index in [-0.39, 0.29) is 18.4 Å². The predicted molar refractivity (Wildman–Crippen MR) is 97.8 cm³/mol. The van der Waals surface area contributed by atoms with Crippen LogP contribution in [0.4, 0.5) is 14.7 Å². The molecule has 142 valence electrons. The van der Waals surface area contributed by atoms with Gasteiger partial charge in [0.1, 0.15) is 5.01 Å². The van der Waals surface area contributed by atoms with Crippen LogP contribution in [0.25, 0.3) is 0 Å². The number of amides is 2. The lowest BCUT2D eigenvalue weighted by atomic mass is 10.2. The van der Waals surface area contributed by atoms with Gasteiger partial charge in [0.2, 0.25) is 5.13 Å². The lowest BCUT2D eigenvalue weighted by Crippen LogP contribution is -2.43. The van der Waals surface area contributed by atoms with Crippen LogP contribution >= 0.6 is 34.5 Å². The second-order valence-corrected chi connectivity index (χ2v) is 7.31. The monoisotopic (exact) mass is 412 g/mol. The molecule has 0 aromatic carbocycles. The summed E-state index contributed by atoms with van der Waals surface area (Å²) in [5.74, 6) is 0.305. The molecule has 0 bridgehead atoms. The predicted octanol–water partition coefficient (Wildman–Crippen LogP) is 3.54. The number of carbonyl (C=O) groups is 2.